The molecule has 3 N–H and O–H groups in total. The van der Waals surface area contributed by atoms with Gasteiger partial charge in [-0.2, -0.15) is 0 Å². The van der Waals surface area contributed by atoms with Crippen molar-refractivity contribution in [2.24, 2.45) is 4.99 Å². The highest BCUT2D eigenvalue weighted by Crippen LogP contribution is 2.05. The molecule has 5 nitrogen and oxygen atoms in total. The molecule has 25 heavy (non-hydrogen) atoms. The topological polar surface area (TPSA) is 65.5 Å². The molecule has 0 fully saturated rings. The minimum Gasteiger partial charge on any atom is -0.357 e. The SMILES string of the molecule is CCNC(=NCc1ccc(F)cc1)NCC(=O)Nc1ccccc1.I. The van der Waals surface area contributed by atoms with Crippen LogP contribution in [0.1, 0.15) is 12.5 Å². The van der Waals surface area contributed by atoms with Crippen molar-refractivity contribution in [3.05, 3.63) is 66.0 Å². The molecule has 0 heterocycles. The van der Waals surface area contributed by atoms with Crippen LogP contribution < -0.4 is 16.0 Å². The lowest BCUT2D eigenvalue weighted by atomic mass is 10.2. The van der Waals surface area contributed by atoms with E-state index in [0.29, 0.717) is 19.0 Å². The van der Waals surface area contributed by atoms with E-state index in [1.165, 1.54) is 12.1 Å². The summed E-state index contributed by atoms with van der Waals surface area (Å²) >= 11 is 0. The molecule has 0 aliphatic rings. The van der Waals surface area contributed by atoms with Crippen LogP contribution >= 0.6 is 24.0 Å². The second-order valence-corrected chi connectivity index (χ2v) is 5.09. The molecule has 2 aromatic rings. The van der Waals surface area contributed by atoms with Crippen molar-refractivity contribution in [2.75, 3.05) is 18.4 Å². The number of rotatable bonds is 6. The second kappa shape index (κ2) is 11.4. The van der Waals surface area contributed by atoms with Crippen molar-refractivity contribution in [3.63, 3.8) is 0 Å². The van der Waals surface area contributed by atoms with Gasteiger partial charge < -0.3 is 16.0 Å². The van der Waals surface area contributed by atoms with E-state index in [0.717, 1.165) is 11.3 Å². The number of para-hydroxylation sites is 1. The Morgan fingerprint density at radius 3 is 2.36 bits per heavy atom. The first-order valence-electron chi connectivity index (χ1n) is 7.79. The number of hydrogen-bond acceptors (Lipinski definition) is 2. The molecular formula is C18H22FIN4O. The number of aliphatic imine (C=N–C) groups is 1. The third-order valence-corrected chi connectivity index (χ3v) is 3.15. The van der Waals surface area contributed by atoms with Gasteiger partial charge in [-0.05, 0) is 36.8 Å². The third-order valence-electron chi connectivity index (χ3n) is 3.15. The molecule has 7 heteroatoms. The summed E-state index contributed by atoms with van der Waals surface area (Å²) in [5.74, 6) is 0.101. The Bertz CT molecular complexity index is 677. The first-order valence-corrected chi connectivity index (χ1v) is 7.79. The summed E-state index contributed by atoms with van der Waals surface area (Å²) in [6, 6.07) is 15.4. The molecular weight excluding hydrogens is 434 g/mol. The zero-order valence-electron chi connectivity index (χ0n) is 14.0. The number of hydrogen-bond donors (Lipinski definition) is 3. The van der Waals surface area contributed by atoms with Gasteiger partial charge in [0.15, 0.2) is 5.96 Å². The molecule has 0 spiro atoms. The van der Waals surface area contributed by atoms with Gasteiger partial charge in [0.05, 0.1) is 13.1 Å². The zero-order chi connectivity index (χ0) is 17.2. The minimum atomic E-state index is -0.273. The number of benzene rings is 2. The van der Waals surface area contributed by atoms with Crippen LogP contribution in [-0.4, -0.2) is 25.0 Å². The van der Waals surface area contributed by atoms with Crippen molar-refractivity contribution in [3.8, 4) is 0 Å². The fraction of sp³-hybridized carbons (Fsp3) is 0.222. The summed E-state index contributed by atoms with van der Waals surface area (Å²) < 4.78 is 12.9. The molecule has 0 unspecified atom stereocenters. The Balaban J connectivity index is 0.00000312. The summed E-state index contributed by atoms with van der Waals surface area (Å²) in [6.07, 6.45) is 0. The lowest BCUT2D eigenvalue weighted by Gasteiger charge is -2.11. The Morgan fingerprint density at radius 2 is 1.72 bits per heavy atom. The number of carbonyl (C=O) groups is 1. The fourth-order valence-corrected chi connectivity index (χ4v) is 1.99. The van der Waals surface area contributed by atoms with Gasteiger partial charge in [0.2, 0.25) is 5.91 Å². The second-order valence-electron chi connectivity index (χ2n) is 5.09. The number of amides is 1. The van der Waals surface area contributed by atoms with E-state index in [2.05, 4.69) is 20.9 Å². The van der Waals surface area contributed by atoms with Crippen LogP contribution in [0.4, 0.5) is 10.1 Å². The Labute approximate surface area is 164 Å². The lowest BCUT2D eigenvalue weighted by molar-refractivity contribution is -0.115. The van der Waals surface area contributed by atoms with Gasteiger partial charge in [0, 0.05) is 12.2 Å². The minimum absolute atomic E-state index is 0. The van der Waals surface area contributed by atoms with Crippen molar-refractivity contribution in [1.29, 1.82) is 0 Å². The molecule has 134 valence electrons. The largest absolute Gasteiger partial charge is 0.357 e. The molecule has 2 rings (SSSR count). The first kappa shape index (κ1) is 20.9. The first-order chi connectivity index (χ1) is 11.7. The summed E-state index contributed by atoms with van der Waals surface area (Å²) in [4.78, 5) is 16.3. The van der Waals surface area contributed by atoms with Crippen LogP contribution in [0.25, 0.3) is 0 Å². The summed E-state index contributed by atoms with van der Waals surface area (Å²) in [7, 11) is 0. The van der Waals surface area contributed by atoms with Crippen LogP contribution in [-0.2, 0) is 11.3 Å². The van der Waals surface area contributed by atoms with Gasteiger partial charge in [-0.3, -0.25) is 4.79 Å². The van der Waals surface area contributed by atoms with E-state index >= 15 is 0 Å². The number of halogens is 2. The lowest BCUT2D eigenvalue weighted by Crippen LogP contribution is -2.41. The summed E-state index contributed by atoms with van der Waals surface area (Å²) in [5, 5.41) is 8.84. The van der Waals surface area contributed by atoms with E-state index < -0.39 is 0 Å². The number of nitrogens with one attached hydrogen (secondary N) is 3. The standard InChI is InChI=1S/C18H21FN4O.HI/c1-2-20-18(21-12-14-8-10-15(19)11-9-14)22-13-17(24)23-16-6-4-3-5-7-16;/h3-11H,2,12-13H2,1H3,(H,23,24)(H2,20,21,22);1H. The van der Waals surface area contributed by atoms with Crippen LogP contribution in [0.15, 0.2) is 59.6 Å². The van der Waals surface area contributed by atoms with E-state index in [1.54, 1.807) is 12.1 Å². The summed E-state index contributed by atoms with van der Waals surface area (Å²) in [6.45, 7) is 3.12. The predicted octanol–water partition coefficient (Wildman–Crippen LogP) is 3.14. The molecule has 0 aliphatic carbocycles. The highest BCUT2D eigenvalue weighted by Gasteiger charge is 2.04. The summed E-state index contributed by atoms with van der Waals surface area (Å²) in [5.41, 5.74) is 1.64. The zero-order valence-corrected chi connectivity index (χ0v) is 16.3. The van der Waals surface area contributed by atoms with E-state index in [4.69, 9.17) is 0 Å². The van der Waals surface area contributed by atoms with Crippen molar-refractivity contribution < 1.29 is 9.18 Å². The molecule has 0 radical (unpaired) electrons. The van der Waals surface area contributed by atoms with Gasteiger partial charge in [-0.1, -0.05) is 30.3 Å². The monoisotopic (exact) mass is 456 g/mol. The maximum absolute atomic E-state index is 12.9. The van der Waals surface area contributed by atoms with Crippen molar-refractivity contribution in [1.82, 2.24) is 10.6 Å². The maximum Gasteiger partial charge on any atom is 0.243 e. The number of carbonyl (C=O) groups excluding carboxylic acids is 1. The van der Waals surface area contributed by atoms with Crippen molar-refractivity contribution >= 4 is 41.5 Å². The third kappa shape index (κ3) is 7.97. The van der Waals surface area contributed by atoms with Gasteiger partial charge in [-0.25, -0.2) is 9.38 Å². The molecule has 0 atom stereocenters. The highest BCUT2D eigenvalue weighted by atomic mass is 127. The van der Waals surface area contributed by atoms with Crippen LogP contribution in [0, 0.1) is 5.82 Å². The normalized spacial score (nSPS) is 10.6. The molecule has 0 saturated heterocycles. The average Bonchev–Trinajstić information content (AvgIpc) is 2.59. The Kier molecular flexibility index (Phi) is 9.53. The van der Waals surface area contributed by atoms with Gasteiger partial charge in [-0.15, -0.1) is 24.0 Å². The Hall–Kier alpha value is -2.16. The number of anilines is 1. The van der Waals surface area contributed by atoms with Gasteiger partial charge >= 0.3 is 0 Å². The van der Waals surface area contributed by atoms with E-state index in [1.807, 2.05) is 37.3 Å². The quantitative estimate of drug-likeness (QED) is 0.356. The molecule has 0 bridgehead atoms. The predicted molar refractivity (Wildman–Crippen MR) is 110 cm³/mol. The van der Waals surface area contributed by atoms with Gasteiger partial charge in [0.1, 0.15) is 5.82 Å². The Morgan fingerprint density at radius 1 is 1.04 bits per heavy atom. The molecule has 2 aromatic carbocycles. The fourth-order valence-electron chi connectivity index (χ4n) is 1.99. The van der Waals surface area contributed by atoms with Crippen LogP contribution in [0.2, 0.25) is 0 Å². The van der Waals surface area contributed by atoms with Gasteiger partial charge in [0.25, 0.3) is 0 Å². The highest BCUT2D eigenvalue weighted by molar-refractivity contribution is 14.0. The van der Waals surface area contributed by atoms with Crippen molar-refractivity contribution in [2.45, 2.75) is 13.5 Å². The van der Waals surface area contributed by atoms with E-state index in [-0.39, 0.29) is 42.2 Å². The number of nitrogens with zero attached hydrogens (tertiary/aromatic N) is 1. The smallest absolute Gasteiger partial charge is 0.243 e. The maximum atomic E-state index is 12.9. The molecule has 1 amide bonds. The molecule has 0 aromatic heterocycles. The van der Waals surface area contributed by atoms with Crippen LogP contribution in [0.3, 0.4) is 0 Å². The van der Waals surface area contributed by atoms with Crippen LogP contribution in [0.5, 0.6) is 0 Å². The molecule has 0 aliphatic heterocycles. The average molecular weight is 456 g/mol. The molecule has 0 saturated carbocycles. The number of guanidine groups is 1. The van der Waals surface area contributed by atoms with E-state index in [9.17, 15) is 9.18 Å².